The second-order valence-electron chi connectivity index (χ2n) is 25.1. The summed E-state index contributed by atoms with van der Waals surface area (Å²) in [5.74, 6) is -3.96. The highest BCUT2D eigenvalue weighted by atomic mass is 28.3. The second kappa shape index (κ2) is 38.7. The zero-order valence-corrected chi connectivity index (χ0v) is 53.6. The number of carbonyl (C=O) groups excluding carboxylic acids is 3. The molecule has 4 aliphatic rings. The Morgan fingerprint density at radius 3 is 1.87 bits per heavy atom. The maximum atomic E-state index is 13.6. The molecule has 24 atom stereocenters. The average molecular weight is 1300 g/mol. The van der Waals surface area contributed by atoms with Gasteiger partial charge < -0.3 is 121 Å². The number of hydrogen-bond donors (Lipinski definition) is 17. The molecule has 0 aliphatic carbocycles. The summed E-state index contributed by atoms with van der Waals surface area (Å²) in [5.41, 5.74) is 0. The summed E-state index contributed by atoms with van der Waals surface area (Å²) in [6.07, 6.45) is -6.60. The van der Waals surface area contributed by atoms with E-state index in [1.54, 1.807) is 86.8 Å². The zero-order valence-electron chi connectivity index (χ0n) is 52.6. The molecule has 0 spiro atoms. The third-order valence-electron chi connectivity index (χ3n) is 16.1. The van der Waals surface area contributed by atoms with Crippen LogP contribution in [-0.4, -0.2) is 258 Å². The molecule has 4 aliphatic heterocycles. The predicted octanol–water partition coefficient (Wildman–Crippen LogP) is -0.00900. The van der Waals surface area contributed by atoms with Crippen LogP contribution in [0.4, 0.5) is 9.59 Å². The molecule has 17 N–H and O–H groups in total. The molecule has 4 heterocycles. The molecule has 28 heteroatoms. The maximum Gasteiger partial charge on any atom is 0.407 e. The van der Waals surface area contributed by atoms with Gasteiger partial charge in [-0.3, -0.25) is 4.79 Å². The molecule has 0 saturated carbocycles. The van der Waals surface area contributed by atoms with Crippen molar-refractivity contribution in [2.45, 2.75) is 245 Å². The molecule has 90 heavy (non-hydrogen) atoms. The highest BCUT2D eigenvalue weighted by molar-refractivity contribution is 6.76. The number of aliphatic hydroxyl groups excluding tert-OH is 13. The van der Waals surface area contributed by atoms with Crippen molar-refractivity contribution in [3.8, 4) is 0 Å². The number of carbonyl (C=O) groups is 3. The van der Waals surface area contributed by atoms with Crippen molar-refractivity contribution >= 4 is 26.2 Å². The highest BCUT2D eigenvalue weighted by Gasteiger charge is 2.50. The fraction of sp³-hybridized carbons (Fsp3) is 0.726. The number of esters is 1. The minimum Gasteiger partial charge on any atom is -0.462 e. The SMILES string of the molecule is C[C@@H]1[C@H](O)[C@@H](C)/C=C/C=C/C=C/C=C/C=C/C=C/C=C/[C@H](O[C@@H]2O[C@H](C)[C@@H](O)[C@H](NC(=O)OCC[Si](C)(C)C)[C@@H]2O)C[C@@H]2O[C@](O)(C[C@@H](O)C[C@@H](O)[C@H](O)CC[C@@H](O)C[C@@H](O)CC(=O)O[C@H]1C)C[C@H](O)[C@H]2NC(=O)NCCCO[C@H]1O[C@H](CO)[C@@H](O)[C@H](O)[C@@H]1O. The number of allylic oxidation sites excluding steroid dienone is 12. The van der Waals surface area contributed by atoms with Crippen molar-refractivity contribution in [3.63, 3.8) is 0 Å². The molecule has 3 amide bonds. The first-order valence-electron chi connectivity index (χ1n) is 31.0. The summed E-state index contributed by atoms with van der Waals surface area (Å²) < 4.78 is 40.5. The summed E-state index contributed by atoms with van der Waals surface area (Å²) >= 11 is 0. The molecule has 0 radical (unpaired) electrons. The Morgan fingerprint density at radius 1 is 0.622 bits per heavy atom. The standard InChI is InChI=1S/C62H103N3O24Si/c1-36-21-18-16-14-12-10-8-9-11-13-15-17-19-22-43(87-59-55(77)51(53(75)39(4)86-59)65-61(81)84-27-28-90(5,6)7)32-47-50(64-60(80)63-25-20-26-83-58-57(79)56(78)54(76)48(35-66)88-58)46(72)34-62(82,89-47)33-42(69)30-45(71)44(70)24-23-40(67)29-41(68)31-49(73)85-38(3)37(2)52(36)74/h8-19,21-22,36-48,50-59,66-72,74-79,82H,20,23-35H2,1-7H3,(H,65,81)(H2,63,64,80)/b9-8+,12-10+,13-11+,16-14+,17-15+,21-18+,22-19+/t36-,37-,38-,39+,40+,41+,42-,43-,44+,45+,46-,47-,48+,50+,51-,52+,53+,54+,55-,56-,57-,58-,59-,62+/m0/s1. The van der Waals surface area contributed by atoms with Gasteiger partial charge in [-0.15, -0.1) is 0 Å². The van der Waals surface area contributed by atoms with E-state index in [9.17, 15) is 85.9 Å². The van der Waals surface area contributed by atoms with Crippen LogP contribution in [0.15, 0.2) is 85.1 Å². The van der Waals surface area contributed by atoms with E-state index < -0.39 is 199 Å². The van der Waals surface area contributed by atoms with E-state index in [1.165, 1.54) is 13.0 Å². The number of alkyl carbamates (subject to hydrolysis) is 1. The highest BCUT2D eigenvalue weighted by Crippen LogP contribution is 2.36. The van der Waals surface area contributed by atoms with Crippen molar-refractivity contribution in [1.82, 2.24) is 16.0 Å². The topological polar surface area (TPSA) is 435 Å². The number of cyclic esters (lactones) is 1. The molecule has 514 valence electrons. The smallest absolute Gasteiger partial charge is 0.407 e. The molecule has 2 bridgehead atoms. The van der Waals surface area contributed by atoms with Crippen LogP contribution >= 0.6 is 0 Å². The summed E-state index contributed by atoms with van der Waals surface area (Å²) in [5, 5.41) is 161. The number of nitrogens with one attached hydrogen (secondary N) is 3. The molecule has 0 aromatic carbocycles. The van der Waals surface area contributed by atoms with E-state index in [0.29, 0.717) is 6.04 Å². The Balaban J connectivity index is 1.64. The first kappa shape index (κ1) is 78.1. The minimum absolute atomic E-state index is 0.0799. The molecule has 27 nitrogen and oxygen atoms in total. The molecule has 0 unspecified atom stereocenters. The predicted molar refractivity (Wildman–Crippen MR) is 329 cm³/mol. The average Bonchev–Trinajstić information content (AvgIpc) is 0.912. The molecular weight excluding hydrogens is 1200 g/mol. The van der Waals surface area contributed by atoms with Gasteiger partial charge in [-0.25, -0.2) is 9.59 Å². The Hall–Kier alpha value is -4.35. The number of amides is 3. The van der Waals surface area contributed by atoms with Crippen LogP contribution in [0.2, 0.25) is 25.7 Å². The molecular formula is C62H103N3O24Si. The van der Waals surface area contributed by atoms with Crippen LogP contribution in [-0.2, 0) is 38.0 Å². The number of fused-ring (bicyclic) bond motifs is 2. The van der Waals surface area contributed by atoms with Gasteiger partial charge in [0.15, 0.2) is 18.4 Å². The van der Waals surface area contributed by atoms with Gasteiger partial charge in [-0.1, -0.05) is 119 Å². The van der Waals surface area contributed by atoms with Crippen LogP contribution in [0.1, 0.15) is 85.5 Å². The number of ether oxygens (including phenoxy) is 7. The van der Waals surface area contributed by atoms with Crippen LogP contribution in [0.25, 0.3) is 0 Å². The number of rotatable bonds is 13. The van der Waals surface area contributed by atoms with Crippen LogP contribution in [0, 0.1) is 11.8 Å². The van der Waals surface area contributed by atoms with E-state index in [1.807, 2.05) is 13.0 Å². The minimum atomic E-state index is -2.40. The number of aliphatic hydroxyl groups is 14. The number of hydrogen-bond acceptors (Lipinski definition) is 24. The van der Waals surface area contributed by atoms with Crippen molar-refractivity contribution in [3.05, 3.63) is 85.1 Å². The Labute approximate surface area is 528 Å². The zero-order chi connectivity index (χ0) is 66.9. The van der Waals surface area contributed by atoms with Crippen LogP contribution in [0.5, 0.6) is 0 Å². The maximum absolute atomic E-state index is 13.6. The molecule has 0 aromatic heterocycles. The normalized spacial score (nSPS) is 41.3. The third-order valence-corrected chi connectivity index (χ3v) is 17.8. The summed E-state index contributed by atoms with van der Waals surface area (Å²) in [7, 11) is -1.61. The van der Waals surface area contributed by atoms with Crippen molar-refractivity contribution < 1.29 is 119 Å². The van der Waals surface area contributed by atoms with Crippen molar-refractivity contribution in [2.75, 3.05) is 26.4 Å². The van der Waals surface area contributed by atoms with E-state index in [2.05, 4.69) is 35.6 Å². The van der Waals surface area contributed by atoms with Gasteiger partial charge in [0, 0.05) is 52.1 Å². The molecule has 4 rings (SSSR count). The molecule has 3 fully saturated rings. The van der Waals surface area contributed by atoms with Crippen LogP contribution < -0.4 is 16.0 Å². The lowest BCUT2D eigenvalue weighted by atomic mass is 9.87. The second-order valence-corrected chi connectivity index (χ2v) is 30.7. The lowest BCUT2D eigenvalue weighted by Gasteiger charge is -2.46. The van der Waals surface area contributed by atoms with Gasteiger partial charge >= 0.3 is 18.1 Å². The Kier molecular flexibility index (Phi) is 33.6. The van der Waals surface area contributed by atoms with Gasteiger partial charge in [0.2, 0.25) is 0 Å². The summed E-state index contributed by atoms with van der Waals surface area (Å²) in [6, 6.07) is -2.93. The van der Waals surface area contributed by atoms with Gasteiger partial charge in [-0.2, -0.15) is 0 Å². The molecule has 3 saturated heterocycles. The summed E-state index contributed by atoms with van der Waals surface area (Å²) in [6.45, 7) is 12.2. The fourth-order valence-corrected chi connectivity index (χ4v) is 11.2. The van der Waals surface area contributed by atoms with E-state index >= 15 is 0 Å². The first-order chi connectivity index (χ1) is 42.4. The van der Waals surface area contributed by atoms with E-state index in [0.717, 1.165) is 0 Å². The van der Waals surface area contributed by atoms with Crippen LogP contribution in [0.3, 0.4) is 0 Å². The quantitative estimate of drug-likeness (QED) is 0.0655. The Morgan fingerprint density at radius 2 is 1.24 bits per heavy atom. The number of urea groups is 1. The monoisotopic (exact) mass is 1300 g/mol. The van der Waals surface area contributed by atoms with Gasteiger partial charge in [0.1, 0.15) is 42.7 Å². The van der Waals surface area contributed by atoms with Gasteiger partial charge in [-0.05, 0) is 45.6 Å². The van der Waals surface area contributed by atoms with E-state index in [-0.39, 0.29) is 57.8 Å². The lowest BCUT2D eigenvalue weighted by Crippen LogP contribution is -2.65. The third kappa shape index (κ3) is 26.9. The Bertz CT molecular complexity index is 2360. The van der Waals surface area contributed by atoms with Gasteiger partial charge in [0.05, 0.1) is 99.4 Å². The van der Waals surface area contributed by atoms with Gasteiger partial charge in [0.25, 0.3) is 0 Å². The largest absolute Gasteiger partial charge is 0.462 e. The molecule has 0 aromatic rings. The van der Waals surface area contributed by atoms with Crippen molar-refractivity contribution in [1.29, 1.82) is 0 Å². The summed E-state index contributed by atoms with van der Waals surface area (Å²) in [4.78, 5) is 39.5. The fourth-order valence-electron chi connectivity index (χ4n) is 10.5. The van der Waals surface area contributed by atoms with Crippen molar-refractivity contribution in [2.24, 2.45) is 11.8 Å². The van der Waals surface area contributed by atoms with E-state index in [4.69, 9.17) is 33.2 Å². The lowest BCUT2D eigenvalue weighted by molar-refractivity contribution is -0.303. The first-order valence-corrected chi connectivity index (χ1v) is 34.7.